The van der Waals surface area contributed by atoms with E-state index in [0.717, 1.165) is 23.8 Å². The number of carbonyl (C=O) groups is 1. The van der Waals surface area contributed by atoms with Crippen LogP contribution in [0.2, 0.25) is 0 Å². The lowest BCUT2D eigenvalue weighted by molar-refractivity contribution is -0.129. The molecule has 1 atom stereocenters. The number of aliphatic hydroxyl groups excluding tert-OH is 1. The van der Waals surface area contributed by atoms with E-state index in [4.69, 9.17) is 4.74 Å². The van der Waals surface area contributed by atoms with Gasteiger partial charge in [-0.2, -0.15) is 0 Å². The van der Waals surface area contributed by atoms with Crippen LogP contribution in [-0.2, 0) is 14.8 Å². The molecule has 0 saturated heterocycles. The summed E-state index contributed by atoms with van der Waals surface area (Å²) in [6.07, 6.45) is -0.303. The van der Waals surface area contributed by atoms with Crippen molar-refractivity contribution in [2.75, 3.05) is 17.5 Å². The number of rotatable bonds is 8. The van der Waals surface area contributed by atoms with Gasteiger partial charge in [-0.3, -0.25) is 9.10 Å². The molecule has 0 bridgehead atoms. The van der Waals surface area contributed by atoms with Crippen LogP contribution in [0.1, 0.15) is 32.3 Å². The fourth-order valence-electron chi connectivity index (χ4n) is 4.20. The van der Waals surface area contributed by atoms with Crippen LogP contribution in [0.3, 0.4) is 0 Å². The summed E-state index contributed by atoms with van der Waals surface area (Å²) in [4.78, 5) is 12.7. The molecule has 0 aliphatic carbocycles. The maximum Gasteiger partial charge on any atom is 0.264 e. The van der Waals surface area contributed by atoms with Crippen LogP contribution in [0, 0.1) is 24.0 Å². The highest BCUT2D eigenvalue weighted by atomic mass is 32.2. The van der Waals surface area contributed by atoms with Crippen LogP contribution in [0.25, 0.3) is 11.1 Å². The van der Waals surface area contributed by atoms with Crippen molar-refractivity contribution in [1.82, 2.24) is 0 Å². The Kier molecular flexibility index (Phi) is 7.39. The fourth-order valence-corrected chi connectivity index (χ4v) is 5.80. The number of ether oxygens (including phenoxy) is 1. The van der Waals surface area contributed by atoms with E-state index in [-0.39, 0.29) is 53.7 Å². The molecule has 0 spiro atoms. The van der Waals surface area contributed by atoms with Crippen LogP contribution >= 0.6 is 0 Å². The zero-order valence-corrected chi connectivity index (χ0v) is 21.7. The number of Topliss-reactive ketones (excluding diaryl/α,β-unsaturated/α-hetero) is 1. The Hall–Kier alpha value is -3.30. The smallest absolute Gasteiger partial charge is 0.264 e. The summed E-state index contributed by atoms with van der Waals surface area (Å²) in [7, 11) is -4.06. The first-order chi connectivity index (χ1) is 17.4. The van der Waals surface area contributed by atoms with Crippen LogP contribution in [0.15, 0.2) is 65.6 Å². The monoisotopic (exact) mass is 529 g/mol. The van der Waals surface area contributed by atoms with Crippen LogP contribution in [0.5, 0.6) is 5.75 Å². The standard InChI is InChI=1S/C28H29F2NO5S/c1-18-5-4-6-22(13-18)37(34,35)31-16-21(9-12-27(33)28(2,3)17-32)36-26-11-7-19(14-25(26)31)23-15-20(29)8-10-24(23)30/h4-8,10-11,13-15,21,32H,9,12,16-17H2,1-3H3/t21-/m0/s1. The Morgan fingerprint density at radius 2 is 1.86 bits per heavy atom. The Morgan fingerprint density at radius 1 is 1.11 bits per heavy atom. The fraction of sp³-hybridized carbons (Fsp3) is 0.321. The summed E-state index contributed by atoms with van der Waals surface area (Å²) in [5.41, 5.74) is 0.334. The van der Waals surface area contributed by atoms with E-state index in [1.54, 1.807) is 39.0 Å². The number of anilines is 1. The van der Waals surface area contributed by atoms with Gasteiger partial charge in [0.05, 0.1) is 23.7 Å². The van der Waals surface area contributed by atoms with Crippen molar-refractivity contribution in [3.63, 3.8) is 0 Å². The lowest BCUT2D eigenvalue weighted by atomic mass is 9.86. The summed E-state index contributed by atoms with van der Waals surface area (Å²) in [5, 5.41) is 9.50. The number of carbonyl (C=O) groups excluding carboxylic acids is 1. The van der Waals surface area contributed by atoms with Gasteiger partial charge in [0.2, 0.25) is 0 Å². The minimum atomic E-state index is -4.06. The zero-order valence-electron chi connectivity index (χ0n) is 20.9. The molecule has 0 unspecified atom stereocenters. The van der Waals surface area contributed by atoms with E-state index in [1.807, 2.05) is 0 Å². The molecule has 1 N–H and O–H groups in total. The average Bonchev–Trinajstić information content (AvgIpc) is 2.87. The molecule has 1 aliphatic heterocycles. The van der Waals surface area contributed by atoms with Crippen molar-refractivity contribution >= 4 is 21.5 Å². The number of ketones is 1. The lowest BCUT2D eigenvalue weighted by Crippen LogP contribution is -2.44. The van der Waals surface area contributed by atoms with E-state index < -0.39 is 33.2 Å². The molecule has 1 aliphatic rings. The molecule has 0 aromatic heterocycles. The summed E-state index contributed by atoms with van der Waals surface area (Å²) in [6.45, 7) is 4.70. The third kappa shape index (κ3) is 5.52. The van der Waals surface area contributed by atoms with E-state index in [2.05, 4.69) is 0 Å². The predicted octanol–water partition coefficient (Wildman–Crippen LogP) is 5.26. The maximum absolute atomic E-state index is 14.5. The number of aliphatic hydroxyl groups is 1. The highest BCUT2D eigenvalue weighted by Gasteiger charge is 2.36. The van der Waals surface area contributed by atoms with Crippen molar-refractivity contribution in [1.29, 1.82) is 0 Å². The second kappa shape index (κ2) is 10.2. The minimum absolute atomic E-state index is 0.00495. The van der Waals surface area contributed by atoms with Crippen molar-refractivity contribution in [2.45, 2.75) is 44.6 Å². The molecule has 37 heavy (non-hydrogen) atoms. The molecule has 0 saturated carbocycles. The van der Waals surface area contributed by atoms with Gasteiger partial charge in [0.15, 0.2) is 0 Å². The van der Waals surface area contributed by atoms with Gasteiger partial charge in [-0.1, -0.05) is 32.0 Å². The number of benzene rings is 3. The Morgan fingerprint density at radius 3 is 2.57 bits per heavy atom. The number of nitrogens with zero attached hydrogens (tertiary/aromatic N) is 1. The molecular formula is C28H29F2NO5S. The number of hydrogen-bond donors (Lipinski definition) is 1. The van der Waals surface area contributed by atoms with Gasteiger partial charge in [-0.25, -0.2) is 17.2 Å². The molecule has 1 heterocycles. The van der Waals surface area contributed by atoms with Gasteiger partial charge in [0.1, 0.15) is 29.3 Å². The Bertz CT molecular complexity index is 1440. The third-order valence-corrected chi connectivity index (χ3v) is 8.33. The SMILES string of the molecule is Cc1cccc(S(=O)(=O)N2C[C@H](CCC(=O)C(C)(C)CO)Oc3ccc(-c4cc(F)ccc4F)cc32)c1. The maximum atomic E-state index is 14.5. The lowest BCUT2D eigenvalue weighted by Gasteiger charge is -2.36. The average molecular weight is 530 g/mol. The molecular weight excluding hydrogens is 500 g/mol. The first-order valence-electron chi connectivity index (χ1n) is 11.9. The molecule has 9 heteroatoms. The highest BCUT2D eigenvalue weighted by molar-refractivity contribution is 7.92. The first kappa shape index (κ1) is 26.8. The van der Waals surface area contributed by atoms with E-state index >= 15 is 0 Å². The summed E-state index contributed by atoms with van der Waals surface area (Å²) < 4.78 is 63.2. The number of fused-ring (bicyclic) bond motifs is 1. The van der Waals surface area contributed by atoms with Crippen LogP contribution in [0.4, 0.5) is 14.5 Å². The van der Waals surface area contributed by atoms with Crippen molar-refractivity contribution in [2.24, 2.45) is 5.41 Å². The van der Waals surface area contributed by atoms with E-state index in [0.29, 0.717) is 5.56 Å². The summed E-state index contributed by atoms with van der Waals surface area (Å²) in [6, 6.07) is 14.1. The van der Waals surface area contributed by atoms with Crippen LogP contribution < -0.4 is 9.04 Å². The van der Waals surface area contributed by atoms with Gasteiger partial charge < -0.3 is 9.84 Å². The number of halogens is 2. The van der Waals surface area contributed by atoms with Crippen molar-refractivity contribution in [3.8, 4) is 16.9 Å². The molecule has 4 rings (SSSR count). The van der Waals surface area contributed by atoms with Crippen molar-refractivity contribution in [3.05, 3.63) is 77.9 Å². The quantitative estimate of drug-likeness (QED) is 0.430. The van der Waals surface area contributed by atoms with E-state index in [9.17, 15) is 27.1 Å². The van der Waals surface area contributed by atoms with E-state index in [1.165, 1.54) is 28.6 Å². The normalized spacial score (nSPS) is 15.7. The zero-order chi connectivity index (χ0) is 27.0. The number of aryl methyl sites for hydroxylation is 1. The predicted molar refractivity (Wildman–Crippen MR) is 137 cm³/mol. The summed E-state index contributed by atoms with van der Waals surface area (Å²) in [5.74, 6) is -1.17. The Balaban J connectivity index is 1.75. The second-order valence-electron chi connectivity index (χ2n) is 9.90. The van der Waals surface area contributed by atoms with Gasteiger partial charge in [0.25, 0.3) is 10.0 Å². The molecule has 0 fully saturated rings. The number of hydrogen-bond acceptors (Lipinski definition) is 5. The summed E-state index contributed by atoms with van der Waals surface area (Å²) >= 11 is 0. The minimum Gasteiger partial charge on any atom is -0.486 e. The molecule has 0 amide bonds. The molecule has 6 nitrogen and oxygen atoms in total. The Labute approximate surface area is 215 Å². The first-order valence-corrected chi connectivity index (χ1v) is 13.4. The number of sulfonamides is 1. The molecule has 196 valence electrons. The largest absolute Gasteiger partial charge is 0.486 e. The highest BCUT2D eigenvalue weighted by Crippen LogP contribution is 2.41. The van der Waals surface area contributed by atoms with Gasteiger partial charge in [-0.05, 0) is 66.9 Å². The van der Waals surface area contributed by atoms with Gasteiger partial charge in [0, 0.05) is 17.4 Å². The molecule has 3 aromatic rings. The van der Waals surface area contributed by atoms with Crippen LogP contribution in [-0.4, -0.2) is 38.6 Å². The third-order valence-electron chi connectivity index (χ3n) is 6.55. The topological polar surface area (TPSA) is 83.9 Å². The van der Waals surface area contributed by atoms with Gasteiger partial charge in [-0.15, -0.1) is 0 Å². The van der Waals surface area contributed by atoms with Crippen molar-refractivity contribution < 1.29 is 31.8 Å². The molecule has 0 radical (unpaired) electrons. The molecule has 3 aromatic carbocycles. The van der Waals surface area contributed by atoms with Gasteiger partial charge >= 0.3 is 0 Å². The second-order valence-corrected chi connectivity index (χ2v) is 11.8.